The molecular formula is C21H27NO4S. The molecule has 1 aliphatic rings. The van der Waals surface area contributed by atoms with Gasteiger partial charge in [0.05, 0.1) is 24.0 Å². The van der Waals surface area contributed by atoms with Crippen LogP contribution in [0.3, 0.4) is 0 Å². The number of carbonyl (C=O) groups is 2. The van der Waals surface area contributed by atoms with E-state index in [4.69, 9.17) is 9.15 Å². The Balaban J connectivity index is 1.96. The van der Waals surface area contributed by atoms with E-state index >= 15 is 0 Å². The van der Waals surface area contributed by atoms with Crippen LogP contribution in [0.25, 0.3) is 0 Å². The molecule has 27 heavy (non-hydrogen) atoms. The van der Waals surface area contributed by atoms with Gasteiger partial charge in [0, 0.05) is 4.88 Å². The zero-order valence-corrected chi connectivity index (χ0v) is 17.4. The Morgan fingerprint density at radius 2 is 2.11 bits per heavy atom. The van der Waals surface area contributed by atoms with Crippen LogP contribution in [0.4, 0.5) is 5.00 Å². The van der Waals surface area contributed by atoms with Gasteiger partial charge in [-0.2, -0.15) is 0 Å². The largest absolute Gasteiger partial charge is 0.469 e. The number of esters is 1. The third-order valence-corrected chi connectivity index (χ3v) is 6.47. The summed E-state index contributed by atoms with van der Waals surface area (Å²) in [6, 6.07) is 1.64. The maximum Gasteiger partial charge on any atom is 0.341 e. The highest BCUT2D eigenvalue weighted by Crippen LogP contribution is 2.44. The number of hydrogen-bond acceptors (Lipinski definition) is 5. The lowest BCUT2D eigenvalue weighted by Gasteiger charge is -2.33. The summed E-state index contributed by atoms with van der Waals surface area (Å²) in [6.45, 7) is 10.6. The summed E-state index contributed by atoms with van der Waals surface area (Å²) in [6.07, 6.45) is 4.29. The van der Waals surface area contributed by atoms with Gasteiger partial charge in [-0.1, -0.05) is 20.8 Å². The molecule has 0 saturated carbocycles. The van der Waals surface area contributed by atoms with Crippen LogP contribution in [0.5, 0.6) is 0 Å². The molecule has 3 rings (SSSR count). The maximum atomic E-state index is 12.6. The monoisotopic (exact) mass is 389 g/mol. The predicted octanol–water partition coefficient (Wildman–Crippen LogP) is 5.23. The molecule has 1 amide bonds. The van der Waals surface area contributed by atoms with Gasteiger partial charge < -0.3 is 14.5 Å². The third kappa shape index (κ3) is 3.95. The Kier molecular flexibility index (Phi) is 5.47. The Bertz CT molecular complexity index is 856. The van der Waals surface area contributed by atoms with Gasteiger partial charge in [-0.25, -0.2) is 4.79 Å². The summed E-state index contributed by atoms with van der Waals surface area (Å²) >= 11 is 1.50. The van der Waals surface area contributed by atoms with Gasteiger partial charge in [0.2, 0.25) is 0 Å². The van der Waals surface area contributed by atoms with E-state index < -0.39 is 0 Å². The lowest BCUT2D eigenvalue weighted by atomic mass is 9.72. The predicted molar refractivity (Wildman–Crippen MR) is 107 cm³/mol. The van der Waals surface area contributed by atoms with Crippen LogP contribution in [-0.4, -0.2) is 18.5 Å². The van der Waals surface area contributed by atoms with E-state index in [1.807, 2.05) is 0 Å². The lowest BCUT2D eigenvalue weighted by Crippen LogP contribution is -2.26. The van der Waals surface area contributed by atoms with E-state index in [0.29, 0.717) is 34.4 Å². The minimum atomic E-state index is -0.358. The summed E-state index contributed by atoms with van der Waals surface area (Å²) in [5, 5.41) is 3.50. The second kappa shape index (κ2) is 7.50. The number of aryl methyl sites for hydroxylation is 1. The number of anilines is 1. The lowest BCUT2D eigenvalue weighted by molar-refractivity contribution is 0.0526. The molecule has 146 valence electrons. The van der Waals surface area contributed by atoms with Crippen molar-refractivity contribution >= 4 is 28.2 Å². The Labute approximate surface area is 164 Å². The molecule has 2 aromatic rings. The Morgan fingerprint density at radius 3 is 2.70 bits per heavy atom. The molecule has 0 radical (unpaired) electrons. The molecule has 1 N–H and O–H groups in total. The highest BCUT2D eigenvalue weighted by atomic mass is 32.1. The van der Waals surface area contributed by atoms with Crippen molar-refractivity contribution < 1.29 is 18.7 Å². The van der Waals surface area contributed by atoms with Crippen molar-refractivity contribution in [2.45, 2.75) is 53.9 Å². The maximum absolute atomic E-state index is 12.6. The highest BCUT2D eigenvalue weighted by Gasteiger charge is 2.34. The Hall–Kier alpha value is -2.08. The van der Waals surface area contributed by atoms with Crippen LogP contribution in [0.15, 0.2) is 16.7 Å². The second-order valence-corrected chi connectivity index (χ2v) is 9.18. The highest BCUT2D eigenvalue weighted by molar-refractivity contribution is 7.17. The first-order valence-electron chi connectivity index (χ1n) is 9.39. The van der Waals surface area contributed by atoms with Crippen molar-refractivity contribution in [3.63, 3.8) is 0 Å². The second-order valence-electron chi connectivity index (χ2n) is 8.08. The van der Waals surface area contributed by atoms with Crippen LogP contribution in [0, 0.1) is 18.3 Å². The third-order valence-electron chi connectivity index (χ3n) is 5.30. The topological polar surface area (TPSA) is 68.5 Å². The number of nitrogens with one attached hydrogen (secondary N) is 1. The van der Waals surface area contributed by atoms with Crippen molar-refractivity contribution in [1.82, 2.24) is 0 Å². The fourth-order valence-electron chi connectivity index (χ4n) is 3.62. The van der Waals surface area contributed by atoms with E-state index in [1.165, 1.54) is 22.5 Å². The average Bonchev–Trinajstić information content (AvgIpc) is 3.16. The smallest absolute Gasteiger partial charge is 0.341 e. The van der Waals surface area contributed by atoms with Gasteiger partial charge >= 0.3 is 5.97 Å². The van der Waals surface area contributed by atoms with Gasteiger partial charge in [-0.05, 0) is 56.1 Å². The molecule has 0 saturated heterocycles. The number of furan rings is 1. The molecule has 0 fully saturated rings. The van der Waals surface area contributed by atoms with E-state index in [2.05, 4.69) is 26.1 Å². The normalized spacial score (nSPS) is 16.7. The van der Waals surface area contributed by atoms with Gasteiger partial charge in [-0.15, -0.1) is 11.3 Å². The van der Waals surface area contributed by atoms with Gasteiger partial charge in [-0.3, -0.25) is 4.79 Å². The molecule has 1 atom stereocenters. The van der Waals surface area contributed by atoms with Crippen LogP contribution >= 0.6 is 11.3 Å². The van der Waals surface area contributed by atoms with Crippen LogP contribution in [0.1, 0.15) is 71.0 Å². The number of carbonyl (C=O) groups excluding carboxylic acids is 2. The van der Waals surface area contributed by atoms with Crippen LogP contribution in [0.2, 0.25) is 0 Å². The van der Waals surface area contributed by atoms with Crippen LogP contribution < -0.4 is 5.32 Å². The minimum absolute atomic E-state index is 0.211. The molecule has 0 aliphatic heterocycles. The quantitative estimate of drug-likeness (QED) is 0.727. The van der Waals surface area contributed by atoms with E-state index in [1.54, 1.807) is 19.9 Å². The standard InChI is InChI=1S/C21H27NO4S/c1-6-25-20(24)17-15-8-7-13(21(3,4)5)11-16(15)27-19(17)22-18(23)14-9-10-26-12(14)2/h9-10,13H,6-8,11H2,1-5H3,(H,22,23)/t13-/m1/s1. The minimum Gasteiger partial charge on any atom is -0.469 e. The van der Waals surface area contributed by atoms with Crippen molar-refractivity contribution in [1.29, 1.82) is 0 Å². The summed E-state index contributed by atoms with van der Waals surface area (Å²) in [4.78, 5) is 26.5. The summed E-state index contributed by atoms with van der Waals surface area (Å²) in [5.74, 6) is 0.485. The molecular weight excluding hydrogens is 362 g/mol. The average molecular weight is 390 g/mol. The molecule has 0 spiro atoms. The summed E-state index contributed by atoms with van der Waals surface area (Å²) in [7, 11) is 0. The first kappa shape index (κ1) is 19.7. The van der Waals surface area contributed by atoms with Gasteiger partial charge in [0.15, 0.2) is 0 Å². The van der Waals surface area contributed by atoms with Crippen molar-refractivity contribution in [3.05, 3.63) is 39.7 Å². The summed E-state index contributed by atoms with van der Waals surface area (Å²) < 4.78 is 10.5. The number of amides is 1. The SMILES string of the molecule is CCOC(=O)c1c(NC(=O)c2ccoc2C)sc2c1CC[C@@H](C(C)(C)C)C2. The molecule has 6 heteroatoms. The molecule has 1 aliphatic carbocycles. The molecule has 5 nitrogen and oxygen atoms in total. The van der Waals surface area contributed by atoms with Crippen LogP contribution in [-0.2, 0) is 17.6 Å². The molecule has 2 aromatic heterocycles. The van der Waals surface area contributed by atoms with E-state index in [-0.39, 0.29) is 17.3 Å². The zero-order valence-electron chi connectivity index (χ0n) is 16.6. The number of hydrogen-bond donors (Lipinski definition) is 1. The van der Waals surface area contributed by atoms with Crippen molar-refractivity contribution in [2.24, 2.45) is 11.3 Å². The fraction of sp³-hybridized carbons (Fsp3) is 0.524. The van der Waals surface area contributed by atoms with Crippen molar-refractivity contribution in [3.8, 4) is 0 Å². The first-order chi connectivity index (χ1) is 12.7. The number of thiophene rings is 1. The number of ether oxygens (including phenoxy) is 1. The van der Waals surface area contributed by atoms with Crippen molar-refractivity contribution in [2.75, 3.05) is 11.9 Å². The fourth-order valence-corrected chi connectivity index (χ4v) is 4.93. The zero-order chi connectivity index (χ0) is 19.8. The number of rotatable bonds is 4. The van der Waals surface area contributed by atoms with E-state index in [9.17, 15) is 9.59 Å². The molecule has 0 unspecified atom stereocenters. The Morgan fingerprint density at radius 1 is 1.37 bits per heavy atom. The summed E-state index contributed by atoms with van der Waals surface area (Å²) in [5.41, 5.74) is 2.25. The molecule has 2 heterocycles. The van der Waals surface area contributed by atoms with Gasteiger partial charge in [0.25, 0.3) is 5.91 Å². The molecule has 0 bridgehead atoms. The van der Waals surface area contributed by atoms with Gasteiger partial charge in [0.1, 0.15) is 10.8 Å². The van der Waals surface area contributed by atoms with E-state index in [0.717, 1.165) is 24.8 Å². The first-order valence-corrected chi connectivity index (χ1v) is 10.2. The molecule has 0 aromatic carbocycles. The number of fused-ring (bicyclic) bond motifs is 1.